The van der Waals surface area contributed by atoms with Crippen molar-refractivity contribution in [2.24, 2.45) is 0 Å². The smallest absolute Gasteiger partial charge is 0.262 e. The molecule has 0 bridgehead atoms. The van der Waals surface area contributed by atoms with Crippen LogP contribution in [0.25, 0.3) is 6.08 Å². The molecule has 0 aromatic heterocycles. The molecule has 5 nitrogen and oxygen atoms in total. The van der Waals surface area contributed by atoms with Crippen molar-refractivity contribution in [1.29, 1.82) is 5.26 Å². The Morgan fingerprint density at radius 3 is 2.59 bits per heavy atom. The van der Waals surface area contributed by atoms with Gasteiger partial charge in [-0.15, -0.1) is 0 Å². The van der Waals surface area contributed by atoms with Gasteiger partial charge in [0, 0.05) is 0 Å². The quantitative estimate of drug-likeness (QED) is 0.292. The summed E-state index contributed by atoms with van der Waals surface area (Å²) >= 11 is 6.45. The van der Waals surface area contributed by atoms with E-state index in [9.17, 15) is 14.4 Å². The van der Waals surface area contributed by atoms with Gasteiger partial charge in [0.25, 0.3) is 5.91 Å². The van der Waals surface area contributed by atoms with Gasteiger partial charge < -0.3 is 14.8 Å². The van der Waals surface area contributed by atoms with Crippen molar-refractivity contribution in [2.75, 3.05) is 6.61 Å². The van der Waals surface area contributed by atoms with Crippen LogP contribution in [0, 0.1) is 17.1 Å². The maximum absolute atomic E-state index is 13.4. The van der Waals surface area contributed by atoms with Crippen molar-refractivity contribution in [2.45, 2.75) is 26.5 Å². The molecule has 1 atom stereocenters. The lowest BCUT2D eigenvalue weighted by Gasteiger charge is -2.15. The minimum Gasteiger partial charge on any atom is -0.490 e. The maximum Gasteiger partial charge on any atom is 0.262 e. The van der Waals surface area contributed by atoms with Gasteiger partial charge in [-0.3, -0.25) is 4.79 Å². The molecule has 7 heteroatoms. The van der Waals surface area contributed by atoms with E-state index in [-0.39, 0.29) is 29.1 Å². The highest BCUT2D eigenvalue weighted by atomic mass is 35.5. The maximum atomic E-state index is 13.4. The number of halogens is 2. The third-order valence-corrected chi connectivity index (χ3v) is 5.21. The molecule has 0 aliphatic rings. The molecular weight excluding hydrogens is 455 g/mol. The number of nitrogens with zero attached hydrogens (tertiary/aromatic N) is 1. The molecule has 0 fully saturated rings. The van der Waals surface area contributed by atoms with Gasteiger partial charge in [0.2, 0.25) is 0 Å². The van der Waals surface area contributed by atoms with Crippen molar-refractivity contribution in [3.05, 3.63) is 99.8 Å². The molecule has 3 aromatic carbocycles. The van der Waals surface area contributed by atoms with Gasteiger partial charge in [0.15, 0.2) is 11.5 Å². The summed E-state index contributed by atoms with van der Waals surface area (Å²) in [4.78, 5) is 12.7. The molecule has 3 aromatic rings. The van der Waals surface area contributed by atoms with Gasteiger partial charge in [-0.25, -0.2) is 4.39 Å². The van der Waals surface area contributed by atoms with E-state index in [1.54, 1.807) is 24.3 Å². The monoisotopic (exact) mass is 478 g/mol. The van der Waals surface area contributed by atoms with Crippen LogP contribution >= 0.6 is 11.6 Å². The first-order chi connectivity index (χ1) is 16.4. The lowest BCUT2D eigenvalue weighted by molar-refractivity contribution is -0.117. The van der Waals surface area contributed by atoms with Crippen LogP contribution in [-0.4, -0.2) is 12.5 Å². The molecule has 1 N–H and O–H groups in total. The van der Waals surface area contributed by atoms with E-state index in [4.69, 9.17) is 21.1 Å². The molecule has 0 aliphatic heterocycles. The number of nitriles is 1. The van der Waals surface area contributed by atoms with Gasteiger partial charge in [0.05, 0.1) is 17.7 Å². The fourth-order valence-electron chi connectivity index (χ4n) is 3.27. The molecule has 0 radical (unpaired) electrons. The Balaban J connectivity index is 1.82. The second-order valence-electron chi connectivity index (χ2n) is 7.46. The summed E-state index contributed by atoms with van der Waals surface area (Å²) in [6, 6.07) is 20.4. The van der Waals surface area contributed by atoms with E-state index in [0.29, 0.717) is 29.2 Å². The zero-order chi connectivity index (χ0) is 24.5. The molecule has 174 valence electrons. The number of hydrogen-bond donors (Lipinski definition) is 1. The van der Waals surface area contributed by atoms with Crippen LogP contribution in [0.5, 0.6) is 11.5 Å². The number of carbonyl (C=O) groups excluding carboxylic acids is 1. The van der Waals surface area contributed by atoms with E-state index in [2.05, 4.69) is 5.32 Å². The van der Waals surface area contributed by atoms with E-state index in [1.165, 1.54) is 18.2 Å². The van der Waals surface area contributed by atoms with Crippen molar-refractivity contribution in [1.82, 2.24) is 5.32 Å². The summed E-state index contributed by atoms with van der Waals surface area (Å²) in [5, 5.41) is 12.6. The predicted molar refractivity (Wildman–Crippen MR) is 130 cm³/mol. The normalized spacial score (nSPS) is 11.9. The molecule has 0 saturated heterocycles. The Morgan fingerprint density at radius 2 is 1.91 bits per heavy atom. The van der Waals surface area contributed by atoms with Crippen molar-refractivity contribution in [3.8, 4) is 17.6 Å². The number of ether oxygens (including phenoxy) is 2. The largest absolute Gasteiger partial charge is 0.490 e. The second kappa shape index (κ2) is 11.9. The SMILES string of the molecule is CCOc1cc(/C=C(/C#N)C(=O)N[C@H](C)c2ccccc2)cc(Cl)c1OCc1cccc(F)c1. The van der Waals surface area contributed by atoms with Crippen LogP contribution in [0.4, 0.5) is 4.39 Å². The lowest BCUT2D eigenvalue weighted by atomic mass is 10.1. The highest BCUT2D eigenvalue weighted by Crippen LogP contribution is 2.38. The first-order valence-electron chi connectivity index (χ1n) is 10.7. The molecule has 34 heavy (non-hydrogen) atoms. The van der Waals surface area contributed by atoms with Crippen LogP contribution in [-0.2, 0) is 11.4 Å². The van der Waals surface area contributed by atoms with Crippen LogP contribution in [0.3, 0.4) is 0 Å². The van der Waals surface area contributed by atoms with E-state index in [1.807, 2.05) is 50.2 Å². The third kappa shape index (κ3) is 6.60. The summed E-state index contributed by atoms with van der Waals surface area (Å²) in [5.74, 6) is -0.209. The third-order valence-electron chi connectivity index (χ3n) is 4.93. The average molecular weight is 479 g/mol. The van der Waals surface area contributed by atoms with Gasteiger partial charge >= 0.3 is 0 Å². The topological polar surface area (TPSA) is 71.3 Å². The van der Waals surface area contributed by atoms with Gasteiger partial charge in [-0.05, 0) is 60.9 Å². The van der Waals surface area contributed by atoms with Gasteiger partial charge in [-0.1, -0.05) is 54.1 Å². The Bertz CT molecular complexity index is 1220. The van der Waals surface area contributed by atoms with Crippen LogP contribution in [0.2, 0.25) is 5.02 Å². The molecule has 0 spiro atoms. The molecule has 1 amide bonds. The Hall–Kier alpha value is -3.82. The molecule has 3 rings (SSSR count). The number of amides is 1. The van der Waals surface area contributed by atoms with Gasteiger partial charge in [0.1, 0.15) is 24.1 Å². The molecular formula is C27H24ClFN2O3. The standard InChI is InChI=1S/C27H24ClFN2O3/c1-3-33-25-15-20(14-24(28)26(25)34-17-19-8-7-11-23(29)13-19)12-22(16-30)27(32)31-18(2)21-9-5-4-6-10-21/h4-15,18H,3,17H2,1-2H3,(H,31,32)/b22-12-/t18-/m1/s1. The first kappa shape index (κ1) is 24.8. The first-order valence-corrected chi connectivity index (χ1v) is 11.1. The fraction of sp³-hybridized carbons (Fsp3) is 0.185. The number of rotatable bonds is 9. The van der Waals surface area contributed by atoms with Crippen molar-refractivity contribution < 1.29 is 18.7 Å². The highest BCUT2D eigenvalue weighted by molar-refractivity contribution is 6.32. The summed E-state index contributed by atoms with van der Waals surface area (Å²) in [7, 11) is 0. The predicted octanol–water partition coefficient (Wildman–Crippen LogP) is 6.24. The fourth-order valence-corrected chi connectivity index (χ4v) is 3.54. The minimum absolute atomic E-state index is 0.0743. The summed E-state index contributed by atoms with van der Waals surface area (Å²) < 4.78 is 24.9. The van der Waals surface area contributed by atoms with Crippen LogP contribution in [0.1, 0.15) is 36.6 Å². The number of benzene rings is 3. The van der Waals surface area contributed by atoms with Gasteiger partial charge in [-0.2, -0.15) is 5.26 Å². The summed E-state index contributed by atoms with van der Waals surface area (Å²) in [5.41, 5.74) is 1.99. The number of carbonyl (C=O) groups is 1. The molecule has 0 unspecified atom stereocenters. The average Bonchev–Trinajstić information content (AvgIpc) is 2.82. The van der Waals surface area contributed by atoms with Crippen LogP contribution < -0.4 is 14.8 Å². The van der Waals surface area contributed by atoms with E-state index < -0.39 is 5.91 Å². The zero-order valence-electron chi connectivity index (χ0n) is 18.8. The Morgan fingerprint density at radius 1 is 1.15 bits per heavy atom. The number of hydrogen-bond acceptors (Lipinski definition) is 4. The van der Waals surface area contributed by atoms with Crippen molar-refractivity contribution >= 4 is 23.6 Å². The van der Waals surface area contributed by atoms with Crippen LogP contribution in [0.15, 0.2) is 72.3 Å². The summed E-state index contributed by atoms with van der Waals surface area (Å²) in [6.45, 7) is 4.10. The molecule has 0 aliphatic carbocycles. The Labute approximate surface area is 203 Å². The highest BCUT2D eigenvalue weighted by Gasteiger charge is 2.16. The lowest BCUT2D eigenvalue weighted by Crippen LogP contribution is -2.27. The van der Waals surface area contributed by atoms with E-state index in [0.717, 1.165) is 5.56 Å². The Kier molecular flexibility index (Phi) is 8.66. The second-order valence-corrected chi connectivity index (χ2v) is 7.86. The minimum atomic E-state index is -0.501. The van der Waals surface area contributed by atoms with E-state index >= 15 is 0 Å². The molecule has 0 heterocycles. The summed E-state index contributed by atoms with van der Waals surface area (Å²) in [6.07, 6.45) is 1.44. The molecule has 0 saturated carbocycles. The zero-order valence-corrected chi connectivity index (χ0v) is 19.6. The number of nitrogens with one attached hydrogen (secondary N) is 1. The van der Waals surface area contributed by atoms with Crippen molar-refractivity contribution in [3.63, 3.8) is 0 Å².